The van der Waals surface area contributed by atoms with Crippen molar-refractivity contribution in [1.29, 1.82) is 0 Å². The highest BCUT2D eigenvalue weighted by Crippen LogP contribution is 2.24. The van der Waals surface area contributed by atoms with Crippen molar-refractivity contribution in [3.05, 3.63) is 52.4 Å². The van der Waals surface area contributed by atoms with Gasteiger partial charge in [-0.3, -0.25) is 9.69 Å². The summed E-state index contributed by atoms with van der Waals surface area (Å²) in [6.07, 6.45) is 6.61. The maximum Gasteiger partial charge on any atom is 0.273 e. The van der Waals surface area contributed by atoms with Crippen LogP contribution >= 0.6 is 0 Å². The fourth-order valence-electron chi connectivity index (χ4n) is 3.43. The van der Waals surface area contributed by atoms with Gasteiger partial charge in [-0.2, -0.15) is 5.10 Å². The van der Waals surface area contributed by atoms with E-state index in [1.54, 1.807) is 12.4 Å². The molecule has 0 atom stereocenters. The van der Waals surface area contributed by atoms with Gasteiger partial charge < -0.3 is 9.72 Å². The Hall–Kier alpha value is -2.84. The van der Waals surface area contributed by atoms with Crippen LogP contribution in [0.5, 0.6) is 0 Å². The third kappa shape index (κ3) is 3.54. The molecule has 1 fully saturated rings. The van der Waals surface area contributed by atoms with Crippen LogP contribution in [0.2, 0.25) is 0 Å². The van der Waals surface area contributed by atoms with Crippen LogP contribution in [0.15, 0.2) is 29.4 Å². The summed E-state index contributed by atoms with van der Waals surface area (Å²) in [6, 6.07) is 0. The summed E-state index contributed by atoms with van der Waals surface area (Å²) in [6.45, 7) is 8.46. The van der Waals surface area contributed by atoms with Gasteiger partial charge in [-0.25, -0.2) is 15.4 Å². The number of H-pyrrole nitrogens is 1. The van der Waals surface area contributed by atoms with Gasteiger partial charge in [0.15, 0.2) is 0 Å². The van der Waals surface area contributed by atoms with Crippen molar-refractivity contribution in [3.8, 4) is 0 Å². The summed E-state index contributed by atoms with van der Waals surface area (Å²) >= 11 is 0. The van der Waals surface area contributed by atoms with E-state index in [0.717, 1.165) is 49.8 Å². The third-order valence-corrected chi connectivity index (χ3v) is 5.01. The van der Waals surface area contributed by atoms with Crippen LogP contribution in [0.1, 0.15) is 28.1 Å². The van der Waals surface area contributed by atoms with E-state index in [1.165, 1.54) is 11.9 Å². The van der Waals surface area contributed by atoms with Crippen LogP contribution in [-0.2, 0) is 16.1 Å². The molecule has 0 radical (unpaired) electrons. The number of rotatable bonds is 4. The average Bonchev–Trinajstić information content (AvgIpc) is 3.18. The molecular weight excluding hydrogens is 344 g/mol. The molecule has 4 heterocycles. The number of morpholine rings is 1. The molecule has 4 rings (SSSR count). The van der Waals surface area contributed by atoms with Crippen molar-refractivity contribution in [3.63, 3.8) is 0 Å². The Morgan fingerprint density at radius 3 is 2.70 bits per heavy atom. The predicted molar refractivity (Wildman–Crippen MR) is 101 cm³/mol. The first-order valence-corrected chi connectivity index (χ1v) is 8.97. The maximum absolute atomic E-state index is 12.3. The van der Waals surface area contributed by atoms with E-state index >= 15 is 0 Å². The van der Waals surface area contributed by atoms with Crippen molar-refractivity contribution >= 4 is 17.7 Å². The lowest BCUT2D eigenvalue weighted by Crippen LogP contribution is -2.35. The molecule has 2 aliphatic heterocycles. The van der Waals surface area contributed by atoms with E-state index in [0.29, 0.717) is 16.8 Å². The molecule has 0 aromatic carbocycles. The maximum atomic E-state index is 12.3. The number of aromatic nitrogens is 3. The number of ether oxygens (including phenoxy) is 1. The highest BCUT2D eigenvalue weighted by molar-refractivity contribution is 6.33. The topological polar surface area (TPSA) is 95.5 Å². The summed E-state index contributed by atoms with van der Waals surface area (Å²) in [5.41, 5.74) is 8.76. The van der Waals surface area contributed by atoms with E-state index in [2.05, 4.69) is 44.2 Å². The first-order chi connectivity index (χ1) is 13.1. The second-order valence-corrected chi connectivity index (χ2v) is 6.74. The number of amides is 1. The van der Waals surface area contributed by atoms with E-state index in [9.17, 15) is 4.79 Å². The summed E-state index contributed by atoms with van der Waals surface area (Å²) in [4.78, 5) is 26.2. The second-order valence-electron chi connectivity index (χ2n) is 6.74. The normalized spacial score (nSPS) is 19.4. The lowest BCUT2D eigenvalue weighted by atomic mass is 10.0. The minimum atomic E-state index is -0.227. The first kappa shape index (κ1) is 17.6. The zero-order valence-corrected chi connectivity index (χ0v) is 15.5. The molecular formula is C19H22N6O2. The van der Waals surface area contributed by atoms with E-state index in [4.69, 9.17) is 4.74 Å². The van der Waals surface area contributed by atoms with Crippen molar-refractivity contribution in [2.24, 2.45) is 5.10 Å². The number of aromatic amines is 1. The molecule has 27 heavy (non-hydrogen) atoms. The summed E-state index contributed by atoms with van der Waals surface area (Å²) in [7, 11) is 0. The Bertz CT molecular complexity index is 910. The molecule has 0 aliphatic carbocycles. The average molecular weight is 366 g/mol. The standard InChI is InChI=1S/C19H22N6O2/c1-12-16(10-25-3-5-27-6-4-25)13(2)22-17(12)7-15-18(23-24-19(15)26)14-8-20-11-21-9-14/h7-9,11,22H,3-6,10H2,1-2H3,(H,24,26)/b15-7+. The van der Waals surface area contributed by atoms with Gasteiger partial charge in [-0.1, -0.05) is 0 Å². The molecule has 2 aliphatic rings. The van der Waals surface area contributed by atoms with Gasteiger partial charge in [0.2, 0.25) is 0 Å². The lowest BCUT2D eigenvalue weighted by molar-refractivity contribution is -0.116. The first-order valence-electron chi connectivity index (χ1n) is 8.97. The smallest absolute Gasteiger partial charge is 0.273 e. The quantitative estimate of drug-likeness (QED) is 0.792. The molecule has 1 amide bonds. The molecule has 2 N–H and O–H groups in total. The van der Waals surface area contributed by atoms with E-state index in [-0.39, 0.29) is 5.91 Å². The predicted octanol–water partition coefficient (Wildman–Crippen LogP) is 1.17. The molecule has 1 saturated heterocycles. The number of nitrogens with zero attached hydrogens (tertiary/aromatic N) is 4. The zero-order valence-electron chi connectivity index (χ0n) is 15.5. The fraction of sp³-hybridized carbons (Fsp3) is 0.368. The van der Waals surface area contributed by atoms with Crippen molar-refractivity contribution in [1.82, 2.24) is 25.3 Å². The number of hydrogen-bond donors (Lipinski definition) is 2. The second kappa shape index (κ2) is 7.42. The molecule has 140 valence electrons. The molecule has 0 bridgehead atoms. The summed E-state index contributed by atoms with van der Waals surface area (Å²) in [5.74, 6) is -0.227. The minimum absolute atomic E-state index is 0.227. The number of aryl methyl sites for hydroxylation is 1. The van der Waals surface area contributed by atoms with Gasteiger partial charge in [0, 0.05) is 49.0 Å². The Morgan fingerprint density at radius 2 is 1.96 bits per heavy atom. The minimum Gasteiger partial charge on any atom is -0.379 e. The summed E-state index contributed by atoms with van der Waals surface area (Å²) in [5, 5.41) is 4.15. The number of hydrogen-bond acceptors (Lipinski definition) is 6. The van der Waals surface area contributed by atoms with Crippen LogP contribution in [0, 0.1) is 13.8 Å². The van der Waals surface area contributed by atoms with E-state index < -0.39 is 0 Å². The fourth-order valence-corrected chi connectivity index (χ4v) is 3.43. The molecule has 0 saturated carbocycles. The number of carbonyl (C=O) groups excluding carboxylic acids is 1. The van der Waals surface area contributed by atoms with Gasteiger partial charge in [-0.05, 0) is 31.1 Å². The third-order valence-electron chi connectivity index (χ3n) is 5.01. The van der Waals surface area contributed by atoms with Crippen LogP contribution in [-0.4, -0.2) is 57.8 Å². The SMILES string of the molecule is Cc1[nH]c(/C=C2/C(=O)NN=C2c2cncnc2)c(C)c1CN1CCOCC1. The summed E-state index contributed by atoms with van der Waals surface area (Å²) < 4.78 is 5.43. The Morgan fingerprint density at radius 1 is 1.22 bits per heavy atom. The zero-order chi connectivity index (χ0) is 18.8. The Balaban J connectivity index is 1.64. The van der Waals surface area contributed by atoms with Crippen molar-refractivity contribution in [2.75, 3.05) is 26.3 Å². The van der Waals surface area contributed by atoms with Crippen LogP contribution in [0.3, 0.4) is 0 Å². The largest absolute Gasteiger partial charge is 0.379 e. The monoisotopic (exact) mass is 366 g/mol. The molecule has 2 aromatic rings. The lowest BCUT2D eigenvalue weighted by Gasteiger charge is -2.26. The number of nitrogens with one attached hydrogen (secondary N) is 2. The molecule has 0 spiro atoms. The number of hydrazone groups is 1. The van der Waals surface area contributed by atoms with Crippen molar-refractivity contribution < 1.29 is 9.53 Å². The van der Waals surface area contributed by atoms with Crippen LogP contribution < -0.4 is 5.43 Å². The van der Waals surface area contributed by atoms with Crippen LogP contribution in [0.4, 0.5) is 0 Å². The van der Waals surface area contributed by atoms with Gasteiger partial charge in [-0.15, -0.1) is 0 Å². The van der Waals surface area contributed by atoms with Gasteiger partial charge >= 0.3 is 0 Å². The van der Waals surface area contributed by atoms with Crippen LogP contribution in [0.25, 0.3) is 6.08 Å². The Kier molecular flexibility index (Phi) is 4.83. The molecule has 2 aromatic heterocycles. The van der Waals surface area contributed by atoms with Gasteiger partial charge in [0.1, 0.15) is 12.0 Å². The Labute approximate surface area is 157 Å². The molecule has 8 nitrogen and oxygen atoms in total. The van der Waals surface area contributed by atoms with Gasteiger partial charge in [0.05, 0.1) is 18.8 Å². The molecule has 8 heteroatoms. The van der Waals surface area contributed by atoms with E-state index in [1.807, 2.05) is 6.08 Å². The molecule has 0 unspecified atom stereocenters. The highest BCUT2D eigenvalue weighted by Gasteiger charge is 2.25. The number of carbonyl (C=O) groups is 1. The van der Waals surface area contributed by atoms with Crippen molar-refractivity contribution in [2.45, 2.75) is 20.4 Å². The van der Waals surface area contributed by atoms with Gasteiger partial charge in [0.25, 0.3) is 5.91 Å². The highest BCUT2D eigenvalue weighted by atomic mass is 16.5.